The van der Waals surface area contributed by atoms with Gasteiger partial charge in [-0.3, -0.25) is 9.78 Å². The van der Waals surface area contributed by atoms with E-state index in [-0.39, 0.29) is 11.6 Å². The molecule has 4 rings (SSSR count). The Morgan fingerprint density at radius 1 is 1.07 bits per heavy atom. The zero-order valence-corrected chi connectivity index (χ0v) is 17.6. The molecular formula is C21H17Cl2N5O2. The van der Waals surface area contributed by atoms with Gasteiger partial charge >= 0.3 is 0 Å². The molecule has 2 aromatic carbocycles. The van der Waals surface area contributed by atoms with Crippen LogP contribution in [0, 0.1) is 0 Å². The van der Waals surface area contributed by atoms with Crippen LogP contribution in [0.4, 0.5) is 11.6 Å². The van der Waals surface area contributed by atoms with E-state index in [1.165, 1.54) is 6.20 Å². The second-order valence-electron chi connectivity index (χ2n) is 6.42. The monoisotopic (exact) mass is 441 g/mol. The van der Waals surface area contributed by atoms with Gasteiger partial charge in [-0.2, -0.15) is 0 Å². The Hall–Kier alpha value is -3.29. The summed E-state index contributed by atoms with van der Waals surface area (Å²) in [6.45, 7) is 0. The molecule has 0 aliphatic rings. The topological polar surface area (TPSA) is 81.1 Å². The van der Waals surface area contributed by atoms with Gasteiger partial charge in [0.2, 0.25) is 5.95 Å². The molecule has 2 heterocycles. The first-order valence-corrected chi connectivity index (χ1v) is 9.75. The van der Waals surface area contributed by atoms with Crippen LogP contribution in [0.3, 0.4) is 0 Å². The third kappa shape index (κ3) is 3.90. The first-order valence-electron chi connectivity index (χ1n) is 9.00. The van der Waals surface area contributed by atoms with Crippen molar-refractivity contribution in [1.29, 1.82) is 0 Å². The predicted octanol–water partition coefficient (Wildman–Crippen LogP) is 5.17. The molecular weight excluding hydrogens is 425 g/mol. The van der Waals surface area contributed by atoms with Crippen molar-refractivity contribution in [2.24, 2.45) is 7.05 Å². The van der Waals surface area contributed by atoms with Crippen LogP contribution in [0.2, 0.25) is 10.0 Å². The molecule has 152 valence electrons. The Labute approximate surface area is 182 Å². The number of fused-ring (bicyclic) bond motifs is 1. The first-order chi connectivity index (χ1) is 14.5. The molecule has 0 saturated carbocycles. The van der Waals surface area contributed by atoms with Gasteiger partial charge in [0.1, 0.15) is 17.2 Å². The van der Waals surface area contributed by atoms with Crippen LogP contribution < -0.4 is 15.4 Å². The van der Waals surface area contributed by atoms with Gasteiger partial charge in [-0.1, -0.05) is 29.3 Å². The van der Waals surface area contributed by atoms with E-state index in [0.29, 0.717) is 33.2 Å². The Balaban J connectivity index is 1.63. The third-order valence-electron chi connectivity index (χ3n) is 4.48. The Morgan fingerprint density at radius 2 is 1.80 bits per heavy atom. The minimum Gasteiger partial charge on any atom is -0.457 e. The number of anilines is 2. The normalized spacial score (nSPS) is 10.8. The maximum Gasteiger partial charge on any atom is 0.269 e. The van der Waals surface area contributed by atoms with E-state index in [9.17, 15) is 4.79 Å². The molecule has 0 spiro atoms. The number of hydrogen-bond donors (Lipinski definition) is 2. The zero-order valence-electron chi connectivity index (χ0n) is 16.1. The number of pyridine rings is 1. The largest absolute Gasteiger partial charge is 0.457 e. The number of rotatable bonds is 5. The molecule has 7 nitrogen and oxygen atoms in total. The SMILES string of the molecule is CNC(=O)c1cc(Oc2ccc3c(c2)nc(Nc2c(Cl)cccc2Cl)n3C)ccn1. The average molecular weight is 442 g/mol. The van der Waals surface area contributed by atoms with Crippen LogP contribution in [0.25, 0.3) is 11.0 Å². The molecule has 0 atom stereocenters. The molecule has 2 aromatic heterocycles. The highest BCUT2D eigenvalue weighted by molar-refractivity contribution is 6.39. The number of benzene rings is 2. The number of aryl methyl sites for hydroxylation is 1. The van der Waals surface area contributed by atoms with Crippen LogP contribution in [-0.4, -0.2) is 27.5 Å². The zero-order chi connectivity index (χ0) is 21.3. The molecule has 0 radical (unpaired) electrons. The van der Waals surface area contributed by atoms with Crippen LogP contribution >= 0.6 is 23.2 Å². The van der Waals surface area contributed by atoms with Crippen molar-refractivity contribution in [3.63, 3.8) is 0 Å². The van der Waals surface area contributed by atoms with Crippen molar-refractivity contribution >= 4 is 51.8 Å². The highest BCUT2D eigenvalue weighted by Crippen LogP contribution is 2.34. The molecule has 4 aromatic rings. The summed E-state index contributed by atoms with van der Waals surface area (Å²) in [7, 11) is 3.44. The number of nitrogens with zero attached hydrogens (tertiary/aromatic N) is 3. The molecule has 0 aliphatic carbocycles. The summed E-state index contributed by atoms with van der Waals surface area (Å²) in [6.07, 6.45) is 1.52. The summed E-state index contributed by atoms with van der Waals surface area (Å²) in [5, 5.41) is 6.73. The van der Waals surface area contributed by atoms with Crippen molar-refractivity contribution in [1.82, 2.24) is 19.9 Å². The number of nitrogens with one attached hydrogen (secondary N) is 2. The second-order valence-corrected chi connectivity index (χ2v) is 7.24. The molecule has 2 N–H and O–H groups in total. The molecule has 0 unspecified atom stereocenters. The van der Waals surface area contributed by atoms with Gasteiger partial charge < -0.3 is 19.9 Å². The maximum absolute atomic E-state index is 11.8. The minimum absolute atomic E-state index is 0.275. The number of carbonyl (C=O) groups is 1. The van der Waals surface area contributed by atoms with Gasteiger partial charge in [0.15, 0.2) is 0 Å². The Kier molecular flexibility index (Phi) is 5.48. The van der Waals surface area contributed by atoms with Gasteiger partial charge in [-0.25, -0.2) is 4.98 Å². The second kappa shape index (κ2) is 8.22. The number of amides is 1. The summed E-state index contributed by atoms with van der Waals surface area (Å²) in [6, 6.07) is 14.1. The number of carbonyl (C=O) groups excluding carboxylic acids is 1. The van der Waals surface area contributed by atoms with Crippen molar-refractivity contribution in [3.8, 4) is 11.5 Å². The van der Waals surface area contributed by atoms with E-state index < -0.39 is 0 Å². The quantitative estimate of drug-likeness (QED) is 0.446. The number of imidazole rings is 1. The smallest absolute Gasteiger partial charge is 0.269 e. The summed E-state index contributed by atoms with van der Waals surface area (Å²) >= 11 is 12.5. The fourth-order valence-corrected chi connectivity index (χ4v) is 3.44. The van der Waals surface area contributed by atoms with Crippen LogP contribution in [0.5, 0.6) is 11.5 Å². The van der Waals surface area contributed by atoms with E-state index in [2.05, 4.69) is 20.6 Å². The molecule has 0 saturated heterocycles. The number of hydrogen-bond acceptors (Lipinski definition) is 5. The van der Waals surface area contributed by atoms with E-state index in [0.717, 1.165) is 11.0 Å². The predicted molar refractivity (Wildman–Crippen MR) is 118 cm³/mol. The fourth-order valence-electron chi connectivity index (χ4n) is 2.95. The highest BCUT2D eigenvalue weighted by atomic mass is 35.5. The van der Waals surface area contributed by atoms with Crippen molar-refractivity contribution < 1.29 is 9.53 Å². The molecule has 9 heteroatoms. The van der Waals surface area contributed by atoms with Crippen molar-refractivity contribution in [3.05, 3.63) is 70.5 Å². The third-order valence-corrected chi connectivity index (χ3v) is 5.11. The number of ether oxygens (including phenoxy) is 1. The fraction of sp³-hybridized carbons (Fsp3) is 0.0952. The van der Waals surface area contributed by atoms with E-state index >= 15 is 0 Å². The summed E-state index contributed by atoms with van der Waals surface area (Å²) in [5.41, 5.74) is 2.49. The highest BCUT2D eigenvalue weighted by Gasteiger charge is 2.13. The number of para-hydroxylation sites is 1. The number of aromatic nitrogens is 3. The first kappa shape index (κ1) is 20.0. The van der Waals surface area contributed by atoms with E-state index in [1.54, 1.807) is 37.4 Å². The Morgan fingerprint density at radius 3 is 2.53 bits per heavy atom. The Bertz CT molecular complexity index is 1240. The lowest BCUT2D eigenvalue weighted by Crippen LogP contribution is -2.18. The number of halogens is 2. The van der Waals surface area contributed by atoms with Crippen LogP contribution in [0.1, 0.15) is 10.5 Å². The average Bonchev–Trinajstić information content (AvgIpc) is 3.05. The molecule has 0 fully saturated rings. The van der Waals surface area contributed by atoms with Gasteiger partial charge in [0.25, 0.3) is 5.91 Å². The van der Waals surface area contributed by atoms with E-state index in [4.69, 9.17) is 27.9 Å². The van der Waals surface area contributed by atoms with Gasteiger partial charge in [-0.05, 0) is 30.3 Å². The summed E-state index contributed by atoms with van der Waals surface area (Å²) in [5.74, 6) is 1.38. The maximum atomic E-state index is 11.8. The summed E-state index contributed by atoms with van der Waals surface area (Å²) in [4.78, 5) is 20.4. The summed E-state index contributed by atoms with van der Waals surface area (Å²) < 4.78 is 7.79. The lowest BCUT2D eigenvalue weighted by molar-refractivity contribution is 0.0958. The van der Waals surface area contributed by atoms with Gasteiger partial charge in [-0.15, -0.1) is 0 Å². The molecule has 30 heavy (non-hydrogen) atoms. The van der Waals surface area contributed by atoms with Crippen LogP contribution in [0.15, 0.2) is 54.7 Å². The van der Waals surface area contributed by atoms with Gasteiger partial charge in [0, 0.05) is 32.4 Å². The van der Waals surface area contributed by atoms with Crippen molar-refractivity contribution in [2.45, 2.75) is 0 Å². The standard InChI is InChI=1S/C21H17Cl2N5O2/c1-24-20(29)17-11-13(8-9-25-17)30-12-6-7-18-16(10-12)26-21(28(18)2)27-19-14(22)4-3-5-15(19)23/h3-11H,1-2H3,(H,24,29)(H,26,27). The van der Waals surface area contributed by atoms with Gasteiger partial charge in [0.05, 0.1) is 26.8 Å². The lowest BCUT2D eigenvalue weighted by Gasteiger charge is -2.09. The van der Waals surface area contributed by atoms with E-state index in [1.807, 2.05) is 29.8 Å². The molecule has 1 amide bonds. The van der Waals surface area contributed by atoms with Crippen molar-refractivity contribution in [2.75, 3.05) is 12.4 Å². The lowest BCUT2D eigenvalue weighted by atomic mass is 10.3. The molecule has 0 bridgehead atoms. The molecule has 0 aliphatic heterocycles. The van der Waals surface area contributed by atoms with Crippen LogP contribution in [-0.2, 0) is 7.05 Å². The minimum atomic E-state index is -0.283.